The normalized spacial score (nSPS) is 10.2. The maximum atomic E-state index is 9.64. The van der Waals surface area contributed by atoms with E-state index in [1.54, 1.807) is 0 Å². The smallest absolute Gasteiger partial charge is 0.119 e. The molecule has 0 saturated heterocycles. The van der Waals surface area contributed by atoms with Crippen LogP contribution in [-0.4, -0.2) is 6.61 Å². The quantitative estimate of drug-likeness (QED) is 0.522. The van der Waals surface area contributed by atoms with Gasteiger partial charge in [-0.25, -0.2) is 0 Å². The van der Waals surface area contributed by atoms with E-state index in [-0.39, 0.29) is 0 Å². The summed E-state index contributed by atoms with van der Waals surface area (Å²) in [5, 5.41) is 19.2. The second-order valence-corrected chi connectivity index (χ2v) is 6.43. The highest BCUT2D eigenvalue weighted by atomic mass is 16.5. The predicted octanol–water partition coefficient (Wildman–Crippen LogP) is 6.01. The molecule has 0 atom stereocenters. The Morgan fingerprint density at radius 2 is 1.50 bits per heavy atom. The third kappa shape index (κ3) is 4.87. The van der Waals surface area contributed by atoms with Crippen molar-refractivity contribution in [1.29, 1.82) is 10.5 Å². The molecule has 0 aliphatic heterocycles. The fourth-order valence-corrected chi connectivity index (χ4v) is 2.98. The second-order valence-electron chi connectivity index (χ2n) is 6.43. The summed E-state index contributed by atoms with van der Waals surface area (Å²) >= 11 is 0. The summed E-state index contributed by atoms with van der Waals surface area (Å²) in [7, 11) is 0. The minimum Gasteiger partial charge on any atom is -0.494 e. The number of hydrogen-bond donors (Lipinski definition) is 0. The molecule has 0 aliphatic carbocycles. The van der Waals surface area contributed by atoms with Gasteiger partial charge in [-0.15, -0.1) is 0 Å². The van der Waals surface area contributed by atoms with Crippen molar-refractivity contribution in [3.63, 3.8) is 0 Å². The molecule has 2 aromatic carbocycles. The van der Waals surface area contributed by atoms with Gasteiger partial charge in [-0.2, -0.15) is 10.5 Å². The van der Waals surface area contributed by atoms with Crippen LogP contribution in [0.4, 0.5) is 0 Å². The zero-order valence-corrected chi connectivity index (χ0v) is 15.7. The number of hydrogen-bond acceptors (Lipinski definition) is 3. The highest BCUT2D eigenvalue weighted by Crippen LogP contribution is 2.30. The predicted molar refractivity (Wildman–Crippen MR) is 105 cm³/mol. The molecular weight excluding hydrogens is 320 g/mol. The van der Waals surface area contributed by atoms with Crippen molar-refractivity contribution in [2.24, 2.45) is 0 Å². The van der Waals surface area contributed by atoms with Crippen molar-refractivity contribution in [2.75, 3.05) is 6.61 Å². The van der Waals surface area contributed by atoms with Crippen LogP contribution in [0.2, 0.25) is 0 Å². The van der Waals surface area contributed by atoms with E-state index in [1.165, 1.54) is 12.8 Å². The fraction of sp³-hybridized carbons (Fsp3) is 0.391. The molecule has 3 heteroatoms. The average Bonchev–Trinajstić information content (AvgIpc) is 2.69. The molecule has 3 nitrogen and oxygen atoms in total. The number of nitriles is 2. The van der Waals surface area contributed by atoms with E-state index in [2.05, 4.69) is 26.0 Å². The van der Waals surface area contributed by atoms with Crippen LogP contribution in [0.3, 0.4) is 0 Å². The number of benzene rings is 2. The molecule has 0 bridgehead atoms. The van der Waals surface area contributed by atoms with Gasteiger partial charge in [-0.05, 0) is 42.5 Å². The van der Waals surface area contributed by atoms with Gasteiger partial charge in [0.15, 0.2) is 0 Å². The van der Waals surface area contributed by atoms with Crippen molar-refractivity contribution >= 4 is 0 Å². The Morgan fingerprint density at radius 3 is 2.12 bits per heavy atom. The SMILES string of the molecule is CCCCCOc1ccc(-c2ccc(CCCC)c(C#N)c2C#N)cc1. The lowest BCUT2D eigenvalue weighted by Gasteiger charge is -2.11. The van der Waals surface area contributed by atoms with Crippen LogP contribution < -0.4 is 4.74 Å². The molecule has 0 heterocycles. The summed E-state index contributed by atoms with van der Waals surface area (Å²) in [4.78, 5) is 0. The number of rotatable bonds is 9. The Hall–Kier alpha value is -2.78. The third-order valence-electron chi connectivity index (χ3n) is 4.50. The first-order valence-electron chi connectivity index (χ1n) is 9.44. The van der Waals surface area contributed by atoms with Gasteiger partial charge in [-0.3, -0.25) is 0 Å². The molecule has 134 valence electrons. The number of nitrogens with zero attached hydrogens (tertiary/aromatic N) is 2. The minimum absolute atomic E-state index is 0.470. The molecule has 0 radical (unpaired) electrons. The first-order chi connectivity index (χ1) is 12.7. The number of unbranched alkanes of at least 4 members (excludes halogenated alkanes) is 3. The van der Waals surface area contributed by atoms with Crippen LogP contribution in [0.15, 0.2) is 36.4 Å². The summed E-state index contributed by atoms with van der Waals surface area (Å²) in [6, 6.07) is 16.2. The molecule has 0 aromatic heterocycles. The zero-order chi connectivity index (χ0) is 18.8. The summed E-state index contributed by atoms with van der Waals surface area (Å²) in [5.41, 5.74) is 3.68. The molecule has 0 spiro atoms. The van der Waals surface area contributed by atoms with Crippen LogP contribution in [0.5, 0.6) is 5.75 Å². The molecule has 0 aliphatic rings. The van der Waals surface area contributed by atoms with E-state index in [4.69, 9.17) is 4.74 Å². The Morgan fingerprint density at radius 1 is 0.808 bits per heavy atom. The van der Waals surface area contributed by atoms with Gasteiger partial charge in [0.1, 0.15) is 17.9 Å². The highest BCUT2D eigenvalue weighted by Gasteiger charge is 2.14. The molecule has 0 saturated carbocycles. The van der Waals surface area contributed by atoms with E-state index in [0.717, 1.165) is 54.7 Å². The van der Waals surface area contributed by atoms with Crippen LogP contribution in [0.1, 0.15) is 62.6 Å². The van der Waals surface area contributed by atoms with Crippen LogP contribution in [-0.2, 0) is 6.42 Å². The topological polar surface area (TPSA) is 56.8 Å². The average molecular weight is 346 g/mol. The lowest BCUT2D eigenvalue weighted by atomic mass is 9.91. The molecule has 0 N–H and O–H groups in total. The van der Waals surface area contributed by atoms with Crippen molar-refractivity contribution < 1.29 is 4.74 Å². The number of aryl methyl sites for hydroxylation is 1. The standard InChI is InChI=1S/C23H26N2O/c1-3-5-7-15-26-20-12-9-19(10-13-20)21-14-11-18(8-6-4-2)22(16-24)23(21)17-25/h9-14H,3-8,15H2,1-2H3. The highest BCUT2D eigenvalue weighted by molar-refractivity contribution is 5.75. The van der Waals surface area contributed by atoms with E-state index >= 15 is 0 Å². The third-order valence-corrected chi connectivity index (χ3v) is 4.50. The van der Waals surface area contributed by atoms with Gasteiger partial charge >= 0.3 is 0 Å². The number of ether oxygens (including phenoxy) is 1. The van der Waals surface area contributed by atoms with Gasteiger partial charge < -0.3 is 4.74 Å². The molecule has 0 unspecified atom stereocenters. The van der Waals surface area contributed by atoms with E-state index < -0.39 is 0 Å². The van der Waals surface area contributed by atoms with Crippen molar-refractivity contribution in [1.82, 2.24) is 0 Å². The maximum absolute atomic E-state index is 9.64. The molecule has 0 amide bonds. The van der Waals surface area contributed by atoms with Gasteiger partial charge in [0.05, 0.1) is 17.7 Å². The van der Waals surface area contributed by atoms with Gasteiger partial charge in [0.25, 0.3) is 0 Å². The van der Waals surface area contributed by atoms with Gasteiger partial charge in [-0.1, -0.05) is 57.4 Å². The second kappa shape index (κ2) is 10.3. The van der Waals surface area contributed by atoms with Crippen molar-refractivity contribution in [3.8, 4) is 29.0 Å². The van der Waals surface area contributed by atoms with E-state index in [0.29, 0.717) is 11.1 Å². The monoisotopic (exact) mass is 346 g/mol. The zero-order valence-electron chi connectivity index (χ0n) is 15.7. The van der Waals surface area contributed by atoms with E-state index in [9.17, 15) is 10.5 Å². The van der Waals surface area contributed by atoms with Crippen LogP contribution in [0, 0.1) is 22.7 Å². The summed E-state index contributed by atoms with van der Waals surface area (Å²) in [5.74, 6) is 0.837. The fourth-order valence-electron chi connectivity index (χ4n) is 2.98. The van der Waals surface area contributed by atoms with E-state index in [1.807, 2.05) is 36.4 Å². The summed E-state index contributed by atoms with van der Waals surface area (Å²) < 4.78 is 5.75. The molecule has 0 fully saturated rings. The molecule has 2 rings (SSSR count). The Labute approximate surface area is 156 Å². The summed E-state index contributed by atoms with van der Waals surface area (Å²) in [6.07, 6.45) is 6.32. The van der Waals surface area contributed by atoms with Crippen LogP contribution >= 0.6 is 0 Å². The Balaban J connectivity index is 2.25. The van der Waals surface area contributed by atoms with Gasteiger partial charge in [0, 0.05) is 5.56 Å². The molecule has 2 aromatic rings. The first kappa shape index (κ1) is 19.5. The largest absolute Gasteiger partial charge is 0.494 e. The lowest BCUT2D eigenvalue weighted by Crippen LogP contribution is -1.98. The maximum Gasteiger partial charge on any atom is 0.119 e. The lowest BCUT2D eigenvalue weighted by molar-refractivity contribution is 0.306. The first-order valence-corrected chi connectivity index (χ1v) is 9.44. The Kier molecular flexibility index (Phi) is 7.72. The summed E-state index contributed by atoms with van der Waals surface area (Å²) in [6.45, 7) is 5.02. The van der Waals surface area contributed by atoms with Crippen molar-refractivity contribution in [2.45, 2.75) is 52.4 Å². The minimum atomic E-state index is 0.470. The van der Waals surface area contributed by atoms with Crippen molar-refractivity contribution in [3.05, 3.63) is 53.1 Å². The van der Waals surface area contributed by atoms with Gasteiger partial charge in [0.2, 0.25) is 0 Å². The molecular formula is C23H26N2O. The Bertz CT molecular complexity index is 795. The molecule has 26 heavy (non-hydrogen) atoms. The van der Waals surface area contributed by atoms with Crippen LogP contribution in [0.25, 0.3) is 11.1 Å².